The summed E-state index contributed by atoms with van der Waals surface area (Å²) in [4.78, 5) is 23.8. The zero-order valence-electron chi connectivity index (χ0n) is 12.0. The topological polar surface area (TPSA) is 92.9 Å². The largest absolute Gasteiger partial charge is 0.496 e. The van der Waals surface area contributed by atoms with Gasteiger partial charge in [-0.05, 0) is 18.8 Å². The van der Waals surface area contributed by atoms with E-state index in [9.17, 15) is 14.9 Å². The molecule has 1 aliphatic heterocycles. The summed E-state index contributed by atoms with van der Waals surface area (Å²) in [7, 11) is 1.36. The Balaban J connectivity index is 2.48. The number of nitro benzene ring substituents is 1. The lowest BCUT2D eigenvalue weighted by Crippen LogP contribution is -2.33. The predicted molar refractivity (Wildman–Crippen MR) is 77.2 cm³/mol. The summed E-state index contributed by atoms with van der Waals surface area (Å²) in [6.07, 6.45) is 1.92. The van der Waals surface area contributed by atoms with Crippen molar-refractivity contribution in [1.82, 2.24) is 0 Å². The van der Waals surface area contributed by atoms with Gasteiger partial charge in [0.05, 0.1) is 12.0 Å². The maximum absolute atomic E-state index is 11.2. The first-order valence-corrected chi connectivity index (χ1v) is 6.78. The molecule has 0 aromatic heterocycles. The zero-order valence-corrected chi connectivity index (χ0v) is 12.0. The minimum Gasteiger partial charge on any atom is -0.496 e. The number of hydrogen-bond donors (Lipinski definition) is 1. The molecule has 2 rings (SSSR count). The molecule has 0 amide bonds. The van der Waals surface area contributed by atoms with Gasteiger partial charge in [-0.2, -0.15) is 0 Å². The Morgan fingerprint density at radius 2 is 2.05 bits per heavy atom. The molecule has 0 unspecified atom stereocenters. The number of carbonyl (C=O) groups is 1. The van der Waals surface area contributed by atoms with Crippen molar-refractivity contribution < 1.29 is 19.6 Å². The van der Waals surface area contributed by atoms with Gasteiger partial charge in [-0.3, -0.25) is 10.1 Å². The normalized spacial score (nSPS) is 15.8. The second kappa shape index (κ2) is 5.99. The highest BCUT2D eigenvalue weighted by Crippen LogP contribution is 2.37. The number of ether oxygens (including phenoxy) is 1. The summed E-state index contributed by atoms with van der Waals surface area (Å²) in [5.74, 6) is -0.504. The molecule has 0 atom stereocenters. The van der Waals surface area contributed by atoms with E-state index in [1.54, 1.807) is 0 Å². The molecule has 7 heteroatoms. The summed E-state index contributed by atoms with van der Waals surface area (Å²) >= 11 is 0. The molecular formula is C14H18N2O5. The number of anilines is 1. The summed E-state index contributed by atoms with van der Waals surface area (Å²) in [6.45, 7) is 3.59. The van der Waals surface area contributed by atoms with E-state index in [-0.39, 0.29) is 17.0 Å². The van der Waals surface area contributed by atoms with Crippen LogP contribution < -0.4 is 9.64 Å². The Morgan fingerprint density at radius 3 is 2.52 bits per heavy atom. The van der Waals surface area contributed by atoms with E-state index >= 15 is 0 Å². The quantitative estimate of drug-likeness (QED) is 0.677. The lowest BCUT2D eigenvalue weighted by atomic mass is 9.98. The van der Waals surface area contributed by atoms with Gasteiger partial charge in [-0.15, -0.1) is 0 Å². The molecule has 0 radical (unpaired) electrons. The third kappa shape index (κ3) is 3.07. The average molecular weight is 294 g/mol. The van der Waals surface area contributed by atoms with Crippen molar-refractivity contribution in [3.63, 3.8) is 0 Å². The Bertz CT molecular complexity index is 565. The molecule has 1 aliphatic rings. The van der Waals surface area contributed by atoms with Crippen LogP contribution in [0.5, 0.6) is 5.75 Å². The SMILES string of the molecule is COc1cc(N2CCC(C)CC2)c([N+](=O)[O-])cc1C(=O)O. The van der Waals surface area contributed by atoms with Gasteiger partial charge in [0.25, 0.3) is 5.69 Å². The van der Waals surface area contributed by atoms with Crippen LogP contribution >= 0.6 is 0 Å². The molecule has 1 saturated heterocycles. The van der Waals surface area contributed by atoms with Gasteiger partial charge >= 0.3 is 5.97 Å². The Morgan fingerprint density at radius 1 is 1.43 bits per heavy atom. The van der Waals surface area contributed by atoms with Crippen molar-refractivity contribution in [3.8, 4) is 5.75 Å². The first-order valence-electron chi connectivity index (χ1n) is 6.78. The number of benzene rings is 1. The van der Waals surface area contributed by atoms with E-state index < -0.39 is 10.9 Å². The van der Waals surface area contributed by atoms with Gasteiger partial charge in [0.2, 0.25) is 0 Å². The predicted octanol–water partition coefficient (Wildman–Crippen LogP) is 2.54. The molecule has 1 aromatic carbocycles. The molecule has 21 heavy (non-hydrogen) atoms. The highest BCUT2D eigenvalue weighted by Gasteiger charge is 2.27. The Hall–Kier alpha value is -2.31. The third-order valence-electron chi connectivity index (χ3n) is 3.85. The van der Waals surface area contributed by atoms with Crippen LogP contribution in [0.3, 0.4) is 0 Å². The number of carboxylic acids is 1. The lowest BCUT2D eigenvalue weighted by molar-refractivity contribution is -0.384. The first kappa shape index (κ1) is 15.1. The summed E-state index contributed by atoms with van der Waals surface area (Å²) in [5.41, 5.74) is 0.0369. The number of aromatic carboxylic acids is 1. The number of hydrogen-bond acceptors (Lipinski definition) is 5. The second-order valence-corrected chi connectivity index (χ2v) is 5.27. The van der Waals surface area contributed by atoms with E-state index in [4.69, 9.17) is 9.84 Å². The van der Waals surface area contributed by atoms with Crippen LogP contribution in [-0.2, 0) is 0 Å². The van der Waals surface area contributed by atoms with Crippen LogP contribution in [0, 0.1) is 16.0 Å². The van der Waals surface area contributed by atoms with Crippen LogP contribution in [0.1, 0.15) is 30.1 Å². The van der Waals surface area contributed by atoms with Crippen molar-refractivity contribution in [2.45, 2.75) is 19.8 Å². The first-order chi connectivity index (χ1) is 9.93. The summed E-state index contributed by atoms with van der Waals surface area (Å²) in [5, 5.41) is 20.4. The molecule has 1 fully saturated rings. The van der Waals surface area contributed by atoms with Crippen molar-refractivity contribution >= 4 is 17.3 Å². The van der Waals surface area contributed by atoms with E-state index in [0.29, 0.717) is 11.6 Å². The number of rotatable bonds is 4. The third-order valence-corrected chi connectivity index (χ3v) is 3.85. The van der Waals surface area contributed by atoms with E-state index in [1.165, 1.54) is 13.2 Å². The molecule has 0 saturated carbocycles. The summed E-state index contributed by atoms with van der Waals surface area (Å²) in [6, 6.07) is 2.53. The standard InChI is InChI=1S/C14H18N2O5/c1-9-3-5-15(6-4-9)11-8-13(21-2)10(14(17)18)7-12(11)16(19)20/h7-9H,3-6H2,1-2H3,(H,17,18). The van der Waals surface area contributed by atoms with Crippen LogP contribution in [0.25, 0.3) is 0 Å². The summed E-state index contributed by atoms with van der Waals surface area (Å²) < 4.78 is 5.06. The van der Waals surface area contributed by atoms with E-state index in [1.807, 2.05) is 4.90 Å². The van der Waals surface area contributed by atoms with Crippen molar-refractivity contribution in [1.29, 1.82) is 0 Å². The van der Waals surface area contributed by atoms with Gasteiger partial charge in [0.15, 0.2) is 0 Å². The zero-order chi connectivity index (χ0) is 15.6. The Labute approximate surface area is 122 Å². The fraction of sp³-hybridized carbons (Fsp3) is 0.500. The van der Waals surface area contributed by atoms with Crippen molar-refractivity contribution in [2.24, 2.45) is 5.92 Å². The van der Waals surface area contributed by atoms with Crippen LogP contribution in [0.4, 0.5) is 11.4 Å². The molecule has 0 spiro atoms. The minimum absolute atomic E-state index is 0.140. The highest BCUT2D eigenvalue weighted by molar-refractivity contribution is 5.93. The maximum atomic E-state index is 11.2. The van der Waals surface area contributed by atoms with E-state index in [2.05, 4.69) is 6.92 Å². The number of nitro groups is 1. The molecule has 0 bridgehead atoms. The lowest BCUT2D eigenvalue weighted by Gasteiger charge is -2.32. The van der Waals surface area contributed by atoms with Gasteiger partial charge in [-0.25, -0.2) is 4.79 Å². The smallest absolute Gasteiger partial charge is 0.339 e. The minimum atomic E-state index is -1.24. The molecule has 1 N–H and O–H groups in total. The molecule has 1 aromatic rings. The fourth-order valence-corrected chi connectivity index (χ4v) is 2.54. The van der Waals surface area contributed by atoms with Gasteiger partial charge in [0.1, 0.15) is 17.0 Å². The fourth-order valence-electron chi connectivity index (χ4n) is 2.54. The monoisotopic (exact) mass is 294 g/mol. The van der Waals surface area contributed by atoms with Crippen LogP contribution in [0.15, 0.2) is 12.1 Å². The van der Waals surface area contributed by atoms with Crippen LogP contribution in [-0.4, -0.2) is 36.2 Å². The Kier molecular flexibility index (Phi) is 4.30. The molecular weight excluding hydrogens is 276 g/mol. The van der Waals surface area contributed by atoms with Gasteiger partial charge in [0, 0.05) is 25.2 Å². The highest BCUT2D eigenvalue weighted by atomic mass is 16.6. The molecule has 1 heterocycles. The second-order valence-electron chi connectivity index (χ2n) is 5.27. The average Bonchev–Trinajstić information content (AvgIpc) is 2.46. The molecule has 114 valence electrons. The van der Waals surface area contributed by atoms with E-state index in [0.717, 1.165) is 32.0 Å². The van der Waals surface area contributed by atoms with Crippen molar-refractivity contribution in [2.75, 3.05) is 25.1 Å². The number of carboxylic acid groups (broad SMARTS) is 1. The molecule has 0 aliphatic carbocycles. The van der Waals surface area contributed by atoms with Crippen molar-refractivity contribution in [3.05, 3.63) is 27.8 Å². The number of piperidine rings is 1. The van der Waals surface area contributed by atoms with Crippen LogP contribution in [0.2, 0.25) is 0 Å². The maximum Gasteiger partial charge on any atom is 0.339 e. The molecule has 7 nitrogen and oxygen atoms in total. The number of nitrogens with zero attached hydrogens (tertiary/aromatic N) is 2. The number of methoxy groups -OCH3 is 1. The van der Waals surface area contributed by atoms with Gasteiger partial charge in [-0.1, -0.05) is 6.92 Å². The van der Waals surface area contributed by atoms with Gasteiger partial charge < -0.3 is 14.7 Å².